The fraction of sp³-hybridized carbons (Fsp3) is 0.429. The highest BCUT2D eigenvalue weighted by molar-refractivity contribution is 5.86. The van der Waals surface area contributed by atoms with Crippen LogP contribution in [0.1, 0.15) is 25.0 Å². The Balaban J connectivity index is 1.79. The third-order valence-electron chi connectivity index (χ3n) is 5.29. The molecule has 2 aromatic heterocycles. The third kappa shape index (κ3) is 3.51. The molecule has 0 saturated carbocycles. The van der Waals surface area contributed by atoms with E-state index < -0.39 is 0 Å². The van der Waals surface area contributed by atoms with Gasteiger partial charge >= 0.3 is 0 Å². The molecule has 1 aliphatic heterocycles. The SMILES string of the molecule is COc1ccc(-n2c(C)nc3c(N4CC[C@@H](NC(C)=O)C4)nc(C)nc32)cc1OC. The molecule has 1 aromatic carbocycles. The van der Waals surface area contributed by atoms with Crippen LogP contribution < -0.4 is 19.7 Å². The summed E-state index contributed by atoms with van der Waals surface area (Å²) in [7, 11) is 3.23. The Morgan fingerprint density at radius 2 is 1.90 bits per heavy atom. The summed E-state index contributed by atoms with van der Waals surface area (Å²) in [6.45, 7) is 6.88. The summed E-state index contributed by atoms with van der Waals surface area (Å²) in [5, 5.41) is 2.99. The van der Waals surface area contributed by atoms with Crippen molar-refractivity contribution in [1.29, 1.82) is 0 Å². The van der Waals surface area contributed by atoms with E-state index in [-0.39, 0.29) is 11.9 Å². The van der Waals surface area contributed by atoms with Crippen molar-refractivity contribution in [2.75, 3.05) is 32.2 Å². The van der Waals surface area contributed by atoms with Crippen LogP contribution in [-0.4, -0.2) is 58.8 Å². The fourth-order valence-corrected chi connectivity index (χ4v) is 4.01. The van der Waals surface area contributed by atoms with Gasteiger partial charge in [0.15, 0.2) is 28.5 Å². The monoisotopic (exact) mass is 410 g/mol. The number of methoxy groups -OCH3 is 2. The van der Waals surface area contributed by atoms with E-state index in [0.29, 0.717) is 23.9 Å². The number of hydrogen-bond acceptors (Lipinski definition) is 7. The topological polar surface area (TPSA) is 94.4 Å². The summed E-state index contributed by atoms with van der Waals surface area (Å²) in [5.41, 5.74) is 2.37. The molecule has 0 aliphatic carbocycles. The van der Waals surface area contributed by atoms with Crippen molar-refractivity contribution in [1.82, 2.24) is 24.8 Å². The Morgan fingerprint density at radius 3 is 2.60 bits per heavy atom. The minimum atomic E-state index is -0.0144. The number of imidazole rings is 1. The number of anilines is 1. The van der Waals surface area contributed by atoms with Gasteiger partial charge in [-0.05, 0) is 32.4 Å². The number of nitrogens with zero attached hydrogens (tertiary/aromatic N) is 5. The lowest BCUT2D eigenvalue weighted by atomic mass is 10.2. The molecular formula is C21H26N6O3. The minimum absolute atomic E-state index is 0.0144. The first-order valence-corrected chi connectivity index (χ1v) is 9.89. The van der Waals surface area contributed by atoms with E-state index in [2.05, 4.69) is 15.2 Å². The first-order chi connectivity index (χ1) is 14.4. The molecule has 1 aliphatic rings. The second-order valence-corrected chi connectivity index (χ2v) is 7.43. The van der Waals surface area contributed by atoms with Crippen LogP contribution >= 0.6 is 0 Å². The zero-order valence-electron chi connectivity index (χ0n) is 17.9. The van der Waals surface area contributed by atoms with Crippen LogP contribution in [0.15, 0.2) is 18.2 Å². The van der Waals surface area contributed by atoms with Gasteiger partial charge in [0, 0.05) is 32.1 Å². The van der Waals surface area contributed by atoms with Gasteiger partial charge < -0.3 is 19.7 Å². The van der Waals surface area contributed by atoms with Crippen LogP contribution in [0, 0.1) is 13.8 Å². The number of aryl methyl sites for hydroxylation is 2. The van der Waals surface area contributed by atoms with Gasteiger partial charge in [-0.1, -0.05) is 0 Å². The number of rotatable bonds is 5. The summed E-state index contributed by atoms with van der Waals surface area (Å²) < 4.78 is 12.8. The van der Waals surface area contributed by atoms with Crippen LogP contribution in [-0.2, 0) is 4.79 Å². The van der Waals surface area contributed by atoms with Gasteiger partial charge in [0.1, 0.15) is 11.6 Å². The van der Waals surface area contributed by atoms with Crippen LogP contribution in [0.3, 0.4) is 0 Å². The maximum absolute atomic E-state index is 11.4. The van der Waals surface area contributed by atoms with E-state index in [1.165, 1.54) is 0 Å². The van der Waals surface area contributed by atoms with Crippen molar-refractivity contribution >= 4 is 22.9 Å². The summed E-state index contributed by atoms with van der Waals surface area (Å²) >= 11 is 0. The van der Waals surface area contributed by atoms with Gasteiger partial charge in [-0.3, -0.25) is 9.36 Å². The molecule has 158 valence electrons. The molecule has 1 fully saturated rings. The summed E-state index contributed by atoms with van der Waals surface area (Å²) in [6.07, 6.45) is 0.874. The number of hydrogen-bond donors (Lipinski definition) is 1. The molecule has 1 amide bonds. The van der Waals surface area contributed by atoms with Crippen LogP contribution in [0.25, 0.3) is 16.9 Å². The van der Waals surface area contributed by atoms with Crippen molar-refractivity contribution in [3.63, 3.8) is 0 Å². The fourth-order valence-electron chi connectivity index (χ4n) is 4.01. The van der Waals surface area contributed by atoms with Crippen LogP contribution in [0.2, 0.25) is 0 Å². The summed E-state index contributed by atoms with van der Waals surface area (Å²) in [4.78, 5) is 27.8. The average molecular weight is 410 g/mol. The lowest BCUT2D eigenvalue weighted by Crippen LogP contribution is -2.35. The second kappa shape index (κ2) is 7.81. The van der Waals surface area contributed by atoms with Crippen LogP contribution in [0.5, 0.6) is 11.5 Å². The molecular weight excluding hydrogens is 384 g/mol. The predicted octanol–water partition coefficient (Wildman–Crippen LogP) is 2.16. The van der Waals surface area contributed by atoms with Crippen molar-refractivity contribution in [2.45, 2.75) is 33.2 Å². The van der Waals surface area contributed by atoms with Gasteiger partial charge in [0.2, 0.25) is 5.91 Å². The highest BCUT2D eigenvalue weighted by atomic mass is 16.5. The molecule has 3 heterocycles. The molecule has 4 rings (SSSR count). The van der Waals surface area contributed by atoms with Gasteiger partial charge in [0.05, 0.1) is 19.9 Å². The second-order valence-electron chi connectivity index (χ2n) is 7.43. The molecule has 9 nitrogen and oxygen atoms in total. The molecule has 3 aromatic rings. The number of benzene rings is 1. The molecule has 30 heavy (non-hydrogen) atoms. The Kier molecular flexibility index (Phi) is 5.19. The number of carbonyl (C=O) groups excluding carboxylic acids is 1. The van der Waals surface area contributed by atoms with Gasteiger partial charge in [-0.2, -0.15) is 0 Å². The molecule has 1 N–H and O–H groups in total. The van der Waals surface area contributed by atoms with Crippen molar-refractivity contribution < 1.29 is 14.3 Å². The average Bonchev–Trinajstić information content (AvgIpc) is 3.30. The van der Waals surface area contributed by atoms with E-state index in [1.54, 1.807) is 21.1 Å². The number of carbonyl (C=O) groups is 1. The van der Waals surface area contributed by atoms with E-state index in [1.807, 2.05) is 36.6 Å². The highest BCUT2D eigenvalue weighted by Crippen LogP contribution is 2.33. The summed E-state index contributed by atoms with van der Waals surface area (Å²) in [5.74, 6) is 3.56. The maximum atomic E-state index is 11.4. The Bertz CT molecular complexity index is 1110. The predicted molar refractivity (Wildman–Crippen MR) is 114 cm³/mol. The highest BCUT2D eigenvalue weighted by Gasteiger charge is 2.28. The number of fused-ring (bicyclic) bond motifs is 1. The zero-order chi connectivity index (χ0) is 21.4. The maximum Gasteiger partial charge on any atom is 0.217 e. The van der Waals surface area contributed by atoms with Crippen LogP contribution in [0.4, 0.5) is 5.82 Å². The number of nitrogens with one attached hydrogen (secondary N) is 1. The first-order valence-electron chi connectivity index (χ1n) is 9.89. The van der Waals surface area contributed by atoms with E-state index >= 15 is 0 Å². The quantitative estimate of drug-likeness (QED) is 0.689. The number of ether oxygens (including phenoxy) is 2. The van der Waals surface area contributed by atoms with Gasteiger partial charge in [-0.25, -0.2) is 15.0 Å². The van der Waals surface area contributed by atoms with E-state index in [9.17, 15) is 4.79 Å². The minimum Gasteiger partial charge on any atom is -0.493 e. The van der Waals surface area contributed by atoms with Crippen molar-refractivity contribution in [3.05, 3.63) is 29.8 Å². The first kappa shape index (κ1) is 19.9. The Labute approximate surface area is 175 Å². The van der Waals surface area contributed by atoms with Crippen molar-refractivity contribution in [2.24, 2.45) is 0 Å². The van der Waals surface area contributed by atoms with E-state index in [0.717, 1.165) is 41.5 Å². The number of aromatic nitrogens is 4. The lowest BCUT2D eigenvalue weighted by Gasteiger charge is -2.18. The normalized spacial score (nSPS) is 16.2. The Hall–Kier alpha value is -3.36. The smallest absolute Gasteiger partial charge is 0.217 e. The molecule has 0 bridgehead atoms. The van der Waals surface area contributed by atoms with E-state index in [4.69, 9.17) is 19.4 Å². The standard InChI is InChI=1S/C21H26N6O3/c1-12-22-20(26-9-8-15(11-26)25-14(3)28)19-21(23-12)27(13(2)24-19)16-6-7-17(29-4)18(10-16)30-5/h6-7,10,15H,8-9,11H2,1-5H3,(H,25,28)/t15-/m1/s1. The molecule has 0 spiro atoms. The zero-order valence-corrected chi connectivity index (χ0v) is 17.9. The molecule has 9 heteroatoms. The number of amides is 1. The third-order valence-corrected chi connectivity index (χ3v) is 5.29. The largest absolute Gasteiger partial charge is 0.493 e. The molecule has 1 saturated heterocycles. The Morgan fingerprint density at radius 1 is 1.13 bits per heavy atom. The van der Waals surface area contributed by atoms with Crippen molar-refractivity contribution in [3.8, 4) is 17.2 Å². The van der Waals surface area contributed by atoms with Gasteiger partial charge in [0.25, 0.3) is 0 Å². The van der Waals surface area contributed by atoms with Gasteiger partial charge in [-0.15, -0.1) is 0 Å². The summed E-state index contributed by atoms with van der Waals surface area (Å²) in [6, 6.07) is 5.84. The lowest BCUT2D eigenvalue weighted by molar-refractivity contribution is -0.119. The molecule has 0 unspecified atom stereocenters. The molecule has 1 atom stereocenters. The molecule has 0 radical (unpaired) electrons.